The van der Waals surface area contributed by atoms with E-state index in [1.807, 2.05) is 0 Å². The van der Waals surface area contributed by atoms with Crippen LogP contribution in [0, 0.1) is 5.92 Å². The molecule has 1 atom stereocenters. The van der Waals surface area contributed by atoms with E-state index in [9.17, 15) is 8.42 Å². The maximum absolute atomic E-state index is 10.7. The molecule has 1 aliphatic heterocycles. The first-order chi connectivity index (χ1) is 5.08. The van der Waals surface area contributed by atoms with E-state index in [1.54, 1.807) is 0 Å². The van der Waals surface area contributed by atoms with Crippen LogP contribution in [0.1, 0.15) is 6.42 Å². The predicted molar refractivity (Wildman–Crippen MR) is 43.8 cm³/mol. The fraction of sp³-hybridized carbons (Fsp3) is 1.00. The van der Waals surface area contributed by atoms with Crippen LogP contribution < -0.4 is 10.0 Å². The Bertz CT molecular complexity index is 207. The molecule has 0 aliphatic carbocycles. The standard InChI is InChI=1S/C6H14N2O2S/c1-11(9,10)8-5-6-2-3-7-4-6/h6-8H,2-5H2,1H3/t6-/m0/s1. The second-order valence-electron chi connectivity index (χ2n) is 2.98. The van der Waals surface area contributed by atoms with E-state index < -0.39 is 10.0 Å². The highest BCUT2D eigenvalue weighted by Gasteiger charge is 2.15. The summed E-state index contributed by atoms with van der Waals surface area (Å²) >= 11 is 0. The lowest BCUT2D eigenvalue weighted by Crippen LogP contribution is -2.29. The number of sulfonamides is 1. The van der Waals surface area contributed by atoms with Crippen molar-refractivity contribution in [1.82, 2.24) is 10.0 Å². The molecule has 1 saturated heterocycles. The van der Waals surface area contributed by atoms with Crippen LogP contribution in [0.15, 0.2) is 0 Å². The van der Waals surface area contributed by atoms with E-state index in [0.717, 1.165) is 19.5 Å². The first-order valence-electron chi connectivity index (χ1n) is 3.73. The summed E-state index contributed by atoms with van der Waals surface area (Å²) in [7, 11) is -2.99. The van der Waals surface area contributed by atoms with E-state index in [1.165, 1.54) is 6.26 Å². The summed E-state index contributed by atoms with van der Waals surface area (Å²) in [4.78, 5) is 0. The predicted octanol–water partition coefficient (Wildman–Crippen LogP) is -0.855. The highest BCUT2D eigenvalue weighted by atomic mass is 32.2. The Morgan fingerprint density at radius 1 is 1.64 bits per heavy atom. The summed E-state index contributed by atoms with van der Waals surface area (Å²) in [6, 6.07) is 0. The molecule has 0 radical (unpaired) electrons. The number of hydrogen-bond donors (Lipinski definition) is 2. The van der Waals surface area contributed by atoms with Gasteiger partial charge in [0, 0.05) is 6.54 Å². The van der Waals surface area contributed by atoms with Crippen molar-refractivity contribution in [3.8, 4) is 0 Å². The molecule has 4 nitrogen and oxygen atoms in total. The number of nitrogens with one attached hydrogen (secondary N) is 2. The van der Waals surface area contributed by atoms with Crippen molar-refractivity contribution >= 4 is 10.0 Å². The molecule has 0 aromatic rings. The molecule has 0 amide bonds. The Kier molecular flexibility index (Phi) is 2.86. The lowest BCUT2D eigenvalue weighted by molar-refractivity contribution is 0.542. The molecule has 0 spiro atoms. The molecule has 5 heteroatoms. The van der Waals surface area contributed by atoms with Crippen LogP contribution >= 0.6 is 0 Å². The molecule has 0 bridgehead atoms. The highest BCUT2D eigenvalue weighted by Crippen LogP contribution is 2.05. The highest BCUT2D eigenvalue weighted by molar-refractivity contribution is 7.88. The van der Waals surface area contributed by atoms with Crippen molar-refractivity contribution in [3.63, 3.8) is 0 Å². The topological polar surface area (TPSA) is 58.2 Å². The molecular weight excluding hydrogens is 164 g/mol. The molecular formula is C6H14N2O2S. The Balaban J connectivity index is 2.22. The Morgan fingerprint density at radius 3 is 2.82 bits per heavy atom. The van der Waals surface area contributed by atoms with Gasteiger partial charge in [-0.1, -0.05) is 0 Å². The lowest BCUT2D eigenvalue weighted by atomic mass is 10.1. The molecule has 1 aliphatic rings. The van der Waals surface area contributed by atoms with Crippen LogP contribution in [-0.2, 0) is 10.0 Å². The maximum Gasteiger partial charge on any atom is 0.208 e. The molecule has 0 unspecified atom stereocenters. The van der Waals surface area contributed by atoms with Gasteiger partial charge in [-0.25, -0.2) is 13.1 Å². The third-order valence-electron chi connectivity index (χ3n) is 1.80. The largest absolute Gasteiger partial charge is 0.316 e. The van der Waals surface area contributed by atoms with Gasteiger partial charge in [0.25, 0.3) is 0 Å². The van der Waals surface area contributed by atoms with Crippen LogP contribution in [0.4, 0.5) is 0 Å². The van der Waals surface area contributed by atoms with E-state index in [2.05, 4.69) is 10.0 Å². The summed E-state index contributed by atoms with van der Waals surface area (Å²) < 4.78 is 23.8. The van der Waals surface area contributed by atoms with Gasteiger partial charge >= 0.3 is 0 Å². The molecule has 0 saturated carbocycles. The molecule has 66 valence electrons. The molecule has 1 heterocycles. The van der Waals surface area contributed by atoms with Gasteiger partial charge < -0.3 is 5.32 Å². The minimum atomic E-state index is -2.99. The van der Waals surface area contributed by atoms with Crippen molar-refractivity contribution in [2.75, 3.05) is 25.9 Å². The normalized spacial score (nSPS) is 25.7. The Morgan fingerprint density at radius 2 is 2.36 bits per heavy atom. The first kappa shape index (κ1) is 8.96. The third-order valence-corrected chi connectivity index (χ3v) is 2.49. The van der Waals surface area contributed by atoms with Crippen molar-refractivity contribution < 1.29 is 8.42 Å². The average Bonchev–Trinajstić information content (AvgIpc) is 2.32. The van der Waals surface area contributed by atoms with Gasteiger partial charge in [0.2, 0.25) is 10.0 Å². The third kappa shape index (κ3) is 3.69. The van der Waals surface area contributed by atoms with Gasteiger partial charge in [-0.05, 0) is 25.4 Å². The number of hydrogen-bond acceptors (Lipinski definition) is 3. The zero-order valence-corrected chi connectivity index (χ0v) is 7.45. The Hall–Kier alpha value is -0.130. The first-order valence-corrected chi connectivity index (χ1v) is 5.62. The SMILES string of the molecule is CS(=O)(=O)NC[C@H]1CCNC1. The van der Waals surface area contributed by atoms with E-state index in [0.29, 0.717) is 12.5 Å². The zero-order chi connectivity index (χ0) is 8.32. The van der Waals surface area contributed by atoms with Gasteiger partial charge in [-0.3, -0.25) is 0 Å². The fourth-order valence-corrected chi connectivity index (χ4v) is 1.70. The van der Waals surface area contributed by atoms with E-state index in [4.69, 9.17) is 0 Å². The number of rotatable bonds is 3. The van der Waals surface area contributed by atoms with Crippen molar-refractivity contribution in [2.45, 2.75) is 6.42 Å². The second kappa shape index (κ2) is 3.51. The minimum absolute atomic E-state index is 0.477. The minimum Gasteiger partial charge on any atom is -0.316 e. The quantitative estimate of drug-likeness (QED) is 0.591. The van der Waals surface area contributed by atoms with Gasteiger partial charge in [0.15, 0.2) is 0 Å². The fourth-order valence-electron chi connectivity index (χ4n) is 1.16. The summed E-state index contributed by atoms with van der Waals surface area (Å²) in [6.07, 6.45) is 2.26. The molecule has 1 rings (SSSR count). The molecule has 1 fully saturated rings. The van der Waals surface area contributed by atoms with Crippen molar-refractivity contribution in [3.05, 3.63) is 0 Å². The van der Waals surface area contributed by atoms with Gasteiger partial charge in [-0.2, -0.15) is 0 Å². The smallest absolute Gasteiger partial charge is 0.208 e. The molecule has 11 heavy (non-hydrogen) atoms. The van der Waals surface area contributed by atoms with Crippen LogP contribution in [-0.4, -0.2) is 34.3 Å². The van der Waals surface area contributed by atoms with E-state index in [-0.39, 0.29) is 0 Å². The van der Waals surface area contributed by atoms with Gasteiger partial charge in [-0.15, -0.1) is 0 Å². The van der Waals surface area contributed by atoms with Gasteiger partial charge in [0.1, 0.15) is 0 Å². The summed E-state index contributed by atoms with van der Waals surface area (Å²) in [5.41, 5.74) is 0. The average molecular weight is 178 g/mol. The van der Waals surface area contributed by atoms with Crippen LogP contribution in [0.5, 0.6) is 0 Å². The van der Waals surface area contributed by atoms with Crippen LogP contribution in [0.3, 0.4) is 0 Å². The second-order valence-corrected chi connectivity index (χ2v) is 4.81. The van der Waals surface area contributed by atoms with Gasteiger partial charge in [0.05, 0.1) is 6.26 Å². The van der Waals surface area contributed by atoms with Crippen molar-refractivity contribution in [2.24, 2.45) is 5.92 Å². The molecule has 2 N–H and O–H groups in total. The Labute approximate surface area is 67.4 Å². The molecule has 0 aromatic heterocycles. The van der Waals surface area contributed by atoms with Crippen molar-refractivity contribution in [1.29, 1.82) is 0 Å². The zero-order valence-electron chi connectivity index (χ0n) is 6.63. The summed E-state index contributed by atoms with van der Waals surface area (Å²) in [5, 5.41) is 3.17. The summed E-state index contributed by atoms with van der Waals surface area (Å²) in [5.74, 6) is 0.477. The van der Waals surface area contributed by atoms with Crippen LogP contribution in [0.2, 0.25) is 0 Å². The lowest BCUT2D eigenvalue weighted by Gasteiger charge is -2.07. The van der Waals surface area contributed by atoms with Crippen LogP contribution in [0.25, 0.3) is 0 Å². The maximum atomic E-state index is 10.7. The monoisotopic (exact) mass is 178 g/mol. The summed E-state index contributed by atoms with van der Waals surface area (Å²) in [6.45, 7) is 2.52. The molecule has 0 aromatic carbocycles. The van der Waals surface area contributed by atoms with E-state index >= 15 is 0 Å².